The Morgan fingerprint density at radius 2 is 2.27 bits per heavy atom. The van der Waals surface area contributed by atoms with E-state index in [1.807, 2.05) is 18.9 Å². The average Bonchev–Trinajstić information content (AvgIpc) is 2.43. The summed E-state index contributed by atoms with van der Waals surface area (Å²) in [5, 5.41) is 0. The largest absolute Gasteiger partial charge is 0.378 e. The molecule has 1 saturated heterocycles. The topological polar surface area (TPSA) is 59.1 Å². The molecule has 2 amide bonds. The second-order valence-electron chi connectivity index (χ2n) is 6.65. The van der Waals surface area contributed by atoms with Gasteiger partial charge >= 0.3 is 0 Å². The minimum absolute atomic E-state index is 0.0291. The quantitative estimate of drug-likeness (QED) is 0.748. The molecule has 3 rings (SSSR count). The number of amides is 2. The first-order chi connectivity index (χ1) is 10.6. The lowest BCUT2D eigenvalue weighted by molar-refractivity contribution is -0.203. The SMILES string of the molecule is CCO[C@H]1C[C@@H](N(C)C(=O)CN2CCOCC2=O)C12CCC2. The number of carbonyl (C=O) groups is 2. The van der Waals surface area contributed by atoms with Crippen LogP contribution in [0.15, 0.2) is 0 Å². The molecule has 6 heteroatoms. The molecule has 124 valence electrons. The lowest BCUT2D eigenvalue weighted by Crippen LogP contribution is -2.68. The van der Waals surface area contributed by atoms with Gasteiger partial charge in [0.1, 0.15) is 6.61 Å². The van der Waals surface area contributed by atoms with Crippen LogP contribution in [0.4, 0.5) is 0 Å². The van der Waals surface area contributed by atoms with E-state index in [2.05, 4.69) is 0 Å². The van der Waals surface area contributed by atoms with Crippen LogP contribution in [0, 0.1) is 5.41 Å². The molecule has 0 aromatic carbocycles. The maximum atomic E-state index is 12.5. The normalized spacial score (nSPS) is 29.9. The molecule has 2 atom stereocenters. The molecule has 0 aromatic rings. The van der Waals surface area contributed by atoms with Crippen LogP contribution in [0.3, 0.4) is 0 Å². The predicted molar refractivity (Wildman–Crippen MR) is 80.3 cm³/mol. The maximum Gasteiger partial charge on any atom is 0.249 e. The Labute approximate surface area is 131 Å². The van der Waals surface area contributed by atoms with Crippen molar-refractivity contribution in [1.82, 2.24) is 9.80 Å². The minimum Gasteiger partial charge on any atom is -0.378 e. The van der Waals surface area contributed by atoms with Crippen LogP contribution in [0.5, 0.6) is 0 Å². The maximum absolute atomic E-state index is 12.5. The summed E-state index contributed by atoms with van der Waals surface area (Å²) in [5.74, 6) is -0.0615. The smallest absolute Gasteiger partial charge is 0.249 e. The number of hydrogen-bond donors (Lipinski definition) is 0. The van der Waals surface area contributed by atoms with Crippen molar-refractivity contribution in [3.8, 4) is 0 Å². The number of carbonyl (C=O) groups excluding carboxylic acids is 2. The molecule has 0 aromatic heterocycles. The van der Waals surface area contributed by atoms with Gasteiger partial charge in [-0.2, -0.15) is 0 Å². The Morgan fingerprint density at radius 1 is 1.50 bits per heavy atom. The summed E-state index contributed by atoms with van der Waals surface area (Å²) >= 11 is 0. The first kappa shape index (κ1) is 15.7. The van der Waals surface area contributed by atoms with Crippen LogP contribution in [0.25, 0.3) is 0 Å². The fourth-order valence-corrected chi connectivity index (χ4v) is 4.11. The number of likely N-dealkylation sites (N-methyl/N-ethyl adjacent to an activating group) is 1. The number of rotatable bonds is 5. The summed E-state index contributed by atoms with van der Waals surface area (Å²) in [6.45, 7) is 4.05. The zero-order chi connectivity index (χ0) is 15.7. The molecule has 0 N–H and O–H groups in total. The van der Waals surface area contributed by atoms with Crippen LogP contribution in [0.2, 0.25) is 0 Å². The summed E-state index contributed by atoms with van der Waals surface area (Å²) in [4.78, 5) is 27.7. The van der Waals surface area contributed by atoms with E-state index in [1.54, 1.807) is 4.90 Å². The van der Waals surface area contributed by atoms with Gasteiger partial charge in [-0.3, -0.25) is 9.59 Å². The molecule has 3 fully saturated rings. The van der Waals surface area contributed by atoms with Gasteiger partial charge in [0, 0.05) is 31.7 Å². The second-order valence-corrected chi connectivity index (χ2v) is 6.65. The van der Waals surface area contributed by atoms with E-state index >= 15 is 0 Å². The van der Waals surface area contributed by atoms with Gasteiger partial charge in [0.15, 0.2) is 0 Å². The van der Waals surface area contributed by atoms with E-state index < -0.39 is 0 Å². The second kappa shape index (κ2) is 6.16. The molecule has 2 saturated carbocycles. The summed E-state index contributed by atoms with van der Waals surface area (Å²) < 4.78 is 10.9. The van der Waals surface area contributed by atoms with Crippen molar-refractivity contribution in [3.05, 3.63) is 0 Å². The van der Waals surface area contributed by atoms with Gasteiger partial charge in [-0.15, -0.1) is 0 Å². The monoisotopic (exact) mass is 310 g/mol. The molecule has 2 aliphatic carbocycles. The van der Waals surface area contributed by atoms with Crippen molar-refractivity contribution < 1.29 is 19.1 Å². The van der Waals surface area contributed by atoms with E-state index in [0.717, 1.165) is 25.9 Å². The molecular weight excluding hydrogens is 284 g/mol. The standard InChI is InChI=1S/C16H26N2O4/c1-3-22-13-9-12(16(13)5-4-6-16)17(2)14(19)10-18-7-8-21-11-15(18)20/h12-13H,3-11H2,1-2H3/t12-,13+/m1/s1. The Kier molecular flexibility index (Phi) is 4.41. The first-order valence-corrected chi connectivity index (χ1v) is 8.31. The Balaban J connectivity index is 1.58. The predicted octanol–water partition coefficient (Wildman–Crippen LogP) is 0.651. The van der Waals surface area contributed by atoms with Crippen LogP contribution in [-0.2, 0) is 19.1 Å². The zero-order valence-electron chi connectivity index (χ0n) is 13.5. The lowest BCUT2D eigenvalue weighted by Gasteiger charge is -2.63. The molecule has 0 bridgehead atoms. The molecule has 6 nitrogen and oxygen atoms in total. The Hall–Kier alpha value is -1.14. The third-order valence-electron chi connectivity index (χ3n) is 5.67. The number of ether oxygens (including phenoxy) is 2. The van der Waals surface area contributed by atoms with Gasteiger partial charge in [-0.25, -0.2) is 0 Å². The van der Waals surface area contributed by atoms with Crippen LogP contribution < -0.4 is 0 Å². The first-order valence-electron chi connectivity index (χ1n) is 8.31. The highest BCUT2D eigenvalue weighted by atomic mass is 16.5. The number of nitrogens with zero attached hydrogens (tertiary/aromatic N) is 2. The van der Waals surface area contributed by atoms with Gasteiger partial charge in [0.25, 0.3) is 0 Å². The van der Waals surface area contributed by atoms with E-state index in [1.165, 1.54) is 6.42 Å². The fourth-order valence-electron chi connectivity index (χ4n) is 4.11. The summed E-state index contributed by atoms with van der Waals surface area (Å²) in [5.41, 5.74) is 0.176. The number of hydrogen-bond acceptors (Lipinski definition) is 4. The number of morpholine rings is 1. The van der Waals surface area contributed by atoms with Gasteiger partial charge in [-0.1, -0.05) is 6.42 Å². The molecule has 1 aliphatic heterocycles. The molecular formula is C16H26N2O4. The molecule has 1 spiro atoms. The van der Waals surface area contributed by atoms with Gasteiger partial charge in [0.2, 0.25) is 11.8 Å². The average molecular weight is 310 g/mol. The highest BCUT2D eigenvalue weighted by Crippen LogP contribution is 2.58. The molecule has 0 unspecified atom stereocenters. The molecule has 1 heterocycles. The summed E-state index contributed by atoms with van der Waals surface area (Å²) in [7, 11) is 1.88. The zero-order valence-corrected chi connectivity index (χ0v) is 13.5. The van der Waals surface area contributed by atoms with Crippen molar-refractivity contribution in [2.45, 2.75) is 44.8 Å². The van der Waals surface area contributed by atoms with Crippen molar-refractivity contribution in [2.75, 3.05) is 40.0 Å². The molecule has 0 radical (unpaired) electrons. The van der Waals surface area contributed by atoms with E-state index in [0.29, 0.717) is 19.3 Å². The molecule has 22 heavy (non-hydrogen) atoms. The van der Waals surface area contributed by atoms with Gasteiger partial charge in [0.05, 0.1) is 19.3 Å². The van der Waals surface area contributed by atoms with Gasteiger partial charge in [-0.05, 0) is 26.2 Å². The van der Waals surface area contributed by atoms with Crippen LogP contribution >= 0.6 is 0 Å². The van der Waals surface area contributed by atoms with Crippen molar-refractivity contribution in [1.29, 1.82) is 0 Å². The summed E-state index contributed by atoms with van der Waals surface area (Å²) in [6, 6.07) is 0.265. The van der Waals surface area contributed by atoms with Crippen LogP contribution in [-0.4, -0.2) is 73.7 Å². The third kappa shape index (κ3) is 2.52. The van der Waals surface area contributed by atoms with E-state index in [9.17, 15) is 9.59 Å². The summed E-state index contributed by atoms with van der Waals surface area (Å²) in [6.07, 6.45) is 4.75. The Morgan fingerprint density at radius 3 is 2.86 bits per heavy atom. The fraction of sp³-hybridized carbons (Fsp3) is 0.875. The van der Waals surface area contributed by atoms with Crippen molar-refractivity contribution >= 4 is 11.8 Å². The van der Waals surface area contributed by atoms with Crippen molar-refractivity contribution in [3.63, 3.8) is 0 Å². The van der Waals surface area contributed by atoms with Gasteiger partial charge < -0.3 is 19.3 Å². The van der Waals surface area contributed by atoms with E-state index in [4.69, 9.17) is 9.47 Å². The third-order valence-corrected chi connectivity index (χ3v) is 5.67. The van der Waals surface area contributed by atoms with E-state index in [-0.39, 0.29) is 36.4 Å². The minimum atomic E-state index is -0.0906. The lowest BCUT2D eigenvalue weighted by atomic mass is 9.50. The van der Waals surface area contributed by atoms with Crippen molar-refractivity contribution in [2.24, 2.45) is 5.41 Å². The highest BCUT2D eigenvalue weighted by Gasteiger charge is 2.60. The Bertz CT molecular complexity index is 449. The highest BCUT2D eigenvalue weighted by molar-refractivity contribution is 5.85. The van der Waals surface area contributed by atoms with Crippen LogP contribution in [0.1, 0.15) is 32.6 Å². The molecule has 3 aliphatic rings.